The summed E-state index contributed by atoms with van der Waals surface area (Å²) >= 11 is 3.47. The van der Waals surface area contributed by atoms with E-state index in [4.69, 9.17) is 5.73 Å². The van der Waals surface area contributed by atoms with Crippen LogP contribution in [0.15, 0.2) is 41.1 Å². The van der Waals surface area contributed by atoms with Crippen molar-refractivity contribution in [2.45, 2.75) is 0 Å². The Labute approximate surface area is 106 Å². The minimum atomic E-state index is 0.627. The summed E-state index contributed by atoms with van der Waals surface area (Å²) in [7, 11) is 0. The molecular weight excluding hydrogens is 280 g/mol. The van der Waals surface area contributed by atoms with Crippen molar-refractivity contribution in [2.75, 3.05) is 5.73 Å². The average molecular weight is 289 g/mol. The summed E-state index contributed by atoms with van der Waals surface area (Å²) in [6.45, 7) is 0. The minimum absolute atomic E-state index is 0.627. The van der Waals surface area contributed by atoms with Crippen LogP contribution in [0.25, 0.3) is 22.4 Å². The van der Waals surface area contributed by atoms with Gasteiger partial charge in [0.05, 0.1) is 11.2 Å². The Bertz CT molecular complexity index is 690. The van der Waals surface area contributed by atoms with Gasteiger partial charge in [-0.15, -0.1) is 0 Å². The first-order valence-corrected chi connectivity index (χ1v) is 5.88. The van der Waals surface area contributed by atoms with Crippen molar-refractivity contribution in [3.8, 4) is 11.4 Å². The molecule has 0 aliphatic heterocycles. The smallest absolute Gasteiger partial charge is 0.140 e. The standard InChI is InChI=1S/C12H9BrN4/c13-9-2-1-3-10-11(9)17-12(16-10)7-4-8(14)6-15-5-7/h1-6H,14H2,(H,16,17). The molecule has 84 valence electrons. The highest BCUT2D eigenvalue weighted by Crippen LogP contribution is 2.25. The van der Waals surface area contributed by atoms with E-state index in [-0.39, 0.29) is 0 Å². The van der Waals surface area contributed by atoms with Crippen LogP contribution in [-0.2, 0) is 0 Å². The fourth-order valence-corrected chi connectivity index (χ4v) is 2.18. The highest BCUT2D eigenvalue weighted by Gasteiger charge is 2.07. The number of nitrogens with zero attached hydrogens (tertiary/aromatic N) is 2. The van der Waals surface area contributed by atoms with Gasteiger partial charge in [0.15, 0.2) is 0 Å². The van der Waals surface area contributed by atoms with Crippen LogP contribution in [0.1, 0.15) is 0 Å². The van der Waals surface area contributed by atoms with E-state index in [1.807, 2.05) is 24.3 Å². The maximum Gasteiger partial charge on any atom is 0.140 e. The number of hydrogen-bond acceptors (Lipinski definition) is 3. The second-order valence-electron chi connectivity index (χ2n) is 3.73. The first-order chi connectivity index (χ1) is 8.24. The minimum Gasteiger partial charge on any atom is -0.397 e. The lowest BCUT2D eigenvalue weighted by Gasteiger charge is -1.96. The second kappa shape index (κ2) is 3.85. The monoisotopic (exact) mass is 288 g/mol. The highest BCUT2D eigenvalue weighted by atomic mass is 79.9. The molecule has 2 heterocycles. The number of imidazole rings is 1. The van der Waals surface area contributed by atoms with Gasteiger partial charge in [0.1, 0.15) is 11.3 Å². The largest absolute Gasteiger partial charge is 0.397 e. The zero-order valence-electron chi connectivity index (χ0n) is 8.81. The topological polar surface area (TPSA) is 67.6 Å². The number of para-hydroxylation sites is 1. The van der Waals surface area contributed by atoms with Gasteiger partial charge >= 0.3 is 0 Å². The number of hydrogen-bond donors (Lipinski definition) is 2. The van der Waals surface area contributed by atoms with E-state index in [1.165, 1.54) is 0 Å². The highest BCUT2D eigenvalue weighted by molar-refractivity contribution is 9.10. The molecule has 0 aliphatic rings. The Kier molecular flexibility index (Phi) is 2.33. The van der Waals surface area contributed by atoms with Crippen LogP contribution in [0, 0.1) is 0 Å². The summed E-state index contributed by atoms with van der Waals surface area (Å²) in [5.41, 5.74) is 9.11. The van der Waals surface area contributed by atoms with Crippen molar-refractivity contribution in [3.05, 3.63) is 41.1 Å². The molecule has 0 aliphatic carbocycles. The molecule has 0 unspecified atom stereocenters. The van der Waals surface area contributed by atoms with Crippen LogP contribution in [0.3, 0.4) is 0 Å². The van der Waals surface area contributed by atoms with Crippen molar-refractivity contribution in [1.82, 2.24) is 15.0 Å². The molecule has 0 atom stereocenters. The number of aromatic nitrogens is 3. The zero-order chi connectivity index (χ0) is 11.8. The molecule has 3 rings (SSSR count). The number of H-pyrrole nitrogens is 1. The third-order valence-electron chi connectivity index (χ3n) is 2.50. The Morgan fingerprint density at radius 3 is 2.88 bits per heavy atom. The Balaban J connectivity index is 2.22. The summed E-state index contributed by atoms with van der Waals surface area (Å²) in [5, 5.41) is 0. The lowest BCUT2D eigenvalue weighted by Crippen LogP contribution is -1.88. The lowest BCUT2D eigenvalue weighted by atomic mass is 10.2. The van der Waals surface area contributed by atoms with Gasteiger partial charge in [0, 0.05) is 22.4 Å². The zero-order valence-corrected chi connectivity index (χ0v) is 10.4. The number of anilines is 1. The molecule has 4 nitrogen and oxygen atoms in total. The number of nitrogens with two attached hydrogens (primary N) is 1. The number of nitrogens with one attached hydrogen (secondary N) is 1. The molecule has 0 amide bonds. The molecule has 3 N–H and O–H groups in total. The summed E-state index contributed by atoms with van der Waals surface area (Å²) < 4.78 is 0.967. The maximum absolute atomic E-state index is 5.71. The fourth-order valence-electron chi connectivity index (χ4n) is 1.72. The molecule has 1 aromatic carbocycles. The van der Waals surface area contributed by atoms with Crippen LogP contribution in [0.5, 0.6) is 0 Å². The Morgan fingerprint density at radius 1 is 1.24 bits per heavy atom. The first kappa shape index (κ1) is 10.3. The maximum atomic E-state index is 5.71. The van der Waals surface area contributed by atoms with E-state index in [0.717, 1.165) is 26.9 Å². The lowest BCUT2D eigenvalue weighted by molar-refractivity contribution is 1.28. The van der Waals surface area contributed by atoms with E-state index in [2.05, 4.69) is 30.9 Å². The molecule has 0 saturated heterocycles. The van der Waals surface area contributed by atoms with Crippen molar-refractivity contribution < 1.29 is 0 Å². The molecule has 0 radical (unpaired) electrons. The van der Waals surface area contributed by atoms with E-state index in [0.29, 0.717) is 5.69 Å². The summed E-state index contributed by atoms with van der Waals surface area (Å²) in [4.78, 5) is 11.8. The predicted octanol–water partition coefficient (Wildman–Crippen LogP) is 2.97. The quantitative estimate of drug-likeness (QED) is 0.723. The van der Waals surface area contributed by atoms with Crippen LogP contribution in [-0.4, -0.2) is 15.0 Å². The number of nitrogen functional groups attached to an aromatic ring is 1. The van der Waals surface area contributed by atoms with Gasteiger partial charge in [-0.05, 0) is 34.1 Å². The van der Waals surface area contributed by atoms with Gasteiger partial charge in [0.2, 0.25) is 0 Å². The molecule has 0 fully saturated rings. The Morgan fingerprint density at radius 2 is 2.12 bits per heavy atom. The van der Waals surface area contributed by atoms with Gasteiger partial charge < -0.3 is 10.7 Å². The summed E-state index contributed by atoms with van der Waals surface area (Å²) in [6, 6.07) is 7.76. The van der Waals surface area contributed by atoms with Crippen molar-refractivity contribution in [2.24, 2.45) is 0 Å². The number of halogens is 1. The van der Waals surface area contributed by atoms with Gasteiger partial charge in [-0.25, -0.2) is 4.98 Å². The molecule has 0 saturated carbocycles. The third-order valence-corrected chi connectivity index (χ3v) is 3.14. The fraction of sp³-hybridized carbons (Fsp3) is 0. The molecule has 2 aromatic heterocycles. The average Bonchev–Trinajstić information content (AvgIpc) is 2.74. The van der Waals surface area contributed by atoms with E-state index >= 15 is 0 Å². The van der Waals surface area contributed by atoms with Gasteiger partial charge in [0.25, 0.3) is 0 Å². The number of benzene rings is 1. The van der Waals surface area contributed by atoms with E-state index < -0.39 is 0 Å². The normalized spacial score (nSPS) is 10.9. The molecule has 5 heteroatoms. The van der Waals surface area contributed by atoms with Crippen LogP contribution >= 0.6 is 15.9 Å². The van der Waals surface area contributed by atoms with Crippen LogP contribution in [0.4, 0.5) is 5.69 Å². The Hall–Kier alpha value is -1.88. The summed E-state index contributed by atoms with van der Waals surface area (Å²) in [6.07, 6.45) is 3.35. The number of rotatable bonds is 1. The molecular formula is C12H9BrN4. The molecule has 0 spiro atoms. The van der Waals surface area contributed by atoms with Crippen LogP contribution < -0.4 is 5.73 Å². The SMILES string of the molecule is Nc1cncc(-c2nc3c(Br)cccc3[nH]2)c1. The molecule has 0 bridgehead atoms. The first-order valence-electron chi connectivity index (χ1n) is 5.09. The molecule has 3 aromatic rings. The van der Waals surface area contributed by atoms with Crippen LogP contribution in [0.2, 0.25) is 0 Å². The van der Waals surface area contributed by atoms with Crippen molar-refractivity contribution in [3.63, 3.8) is 0 Å². The van der Waals surface area contributed by atoms with Crippen molar-refractivity contribution >= 4 is 32.7 Å². The number of pyridine rings is 1. The predicted molar refractivity (Wildman–Crippen MR) is 71.4 cm³/mol. The second-order valence-corrected chi connectivity index (χ2v) is 4.58. The van der Waals surface area contributed by atoms with E-state index in [1.54, 1.807) is 12.4 Å². The van der Waals surface area contributed by atoms with Crippen molar-refractivity contribution in [1.29, 1.82) is 0 Å². The van der Waals surface area contributed by atoms with Gasteiger partial charge in [-0.1, -0.05) is 6.07 Å². The van der Waals surface area contributed by atoms with Gasteiger partial charge in [-0.3, -0.25) is 4.98 Å². The number of fused-ring (bicyclic) bond motifs is 1. The summed E-state index contributed by atoms with van der Waals surface area (Å²) in [5.74, 6) is 0.770. The van der Waals surface area contributed by atoms with E-state index in [9.17, 15) is 0 Å². The molecule has 17 heavy (non-hydrogen) atoms. The van der Waals surface area contributed by atoms with Gasteiger partial charge in [-0.2, -0.15) is 0 Å². The third kappa shape index (κ3) is 1.78. The number of aromatic amines is 1.